The second-order valence-electron chi connectivity index (χ2n) is 0.250. The zero-order chi connectivity index (χ0) is 3.58. The molecule has 0 amide bonds. The average molecular weight is 199 g/mol. The van der Waals surface area contributed by atoms with Crippen molar-refractivity contribution in [2.75, 3.05) is 0 Å². The molecular weight excluding hydrogens is 198 g/mol. The van der Waals surface area contributed by atoms with Gasteiger partial charge in [-0.1, -0.05) is 0 Å². The van der Waals surface area contributed by atoms with E-state index >= 15 is 0 Å². The third-order valence-electron chi connectivity index (χ3n) is 0. The maximum atomic E-state index is 8.33. The van der Waals surface area contributed by atoms with Crippen LogP contribution in [-0.4, -0.2) is 34.7 Å². The second kappa shape index (κ2) is 30.7. The van der Waals surface area contributed by atoms with Gasteiger partial charge in [-0.25, -0.2) is 0 Å². The fourth-order valence-corrected chi connectivity index (χ4v) is 0. The van der Waals surface area contributed by atoms with Crippen LogP contribution in [0.1, 0.15) is 0 Å². The molecule has 0 aliphatic heterocycles. The van der Waals surface area contributed by atoms with E-state index < -0.39 is 6.16 Å². The third kappa shape index (κ3) is 102. The summed E-state index contributed by atoms with van der Waals surface area (Å²) in [6, 6.07) is 0. The van der Waals surface area contributed by atoms with Crippen molar-refractivity contribution in [2.45, 2.75) is 0 Å². The van der Waals surface area contributed by atoms with Crippen LogP contribution in [0.3, 0.4) is 0 Å². The van der Waals surface area contributed by atoms with Crippen molar-refractivity contribution in [3.63, 3.8) is 0 Å². The molecular formula is CHClKMgNaO4. The van der Waals surface area contributed by atoms with Gasteiger partial charge in [-0.2, -0.15) is 0 Å². The maximum Gasteiger partial charge on any atom is 2.00 e. The summed E-state index contributed by atoms with van der Waals surface area (Å²) < 4.78 is 0. The van der Waals surface area contributed by atoms with E-state index in [2.05, 4.69) is 0 Å². The first-order chi connectivity index (χ1) is 1.73. The molecule has 0 rings (SSSR count). The van der Waals surface area contributed by atoms with Crippen LogP contribution in [0.25, 0.3) is 0 Å². The minimum atomic E-state index is -2.33. The smallest absolute Gasteiger partial charge is 1.00 e. The van der Waals surface area contributed by atoms with Crippen molar-refractivity contribution >= 4 is 29.2 Å². The molecule has 0 aromatic rings. The van der Waals surface area contributed by atoms with Crippen LogP contribution in [0, 0.1) is 0 Å². The molecule has 40 valence electrons. The molecule has 0 aliphatic carbocycles. The standard InChI is InChI=1S/CH2O3.ClH.K.Mg.Na.H2O/c2-1(3)4;;;;;/h(H2,2,3,4);1H;;;;1H2/q;;+1;+2;+1;/p-4. The van der Waals surface area contributed by atoms with Gasteiger partial charge in [-0.15, -0.1) is 0 Å². The molecule has 0 aromatic heterocycles. The number of hydrogen-bond acceptors (Lipinski definition) is 4. The SMILES string of the molecule is O=C([O-])[O-].[Cl-].[K+].[Mg+2].[Na+].[OH-]. The van der Waals surface area contributed by atoms with Crippen molar-refractivity contribution < 1.29 is 114 Å². The average Bonchev–Trinajstić information content (AvgIpc) is 0.811. The van der Waals surface area contributed by atoms with Gasteiger partial charge in [0.15, 0.2) is 0 Å². The van der Waals surface area contributed by atoms with Gasteiger partial charge in [-0.05, 0) is 6.16 Å². The molecule has 0 spiro atoms. The van der Waals surface area contributed by atoms with Gasteiger partial charge in [-0.3, -0.25) is 0 Å². The van der Waals surface area contributed by atoms with Crippen molar-refractivity contribution in [2.24, 2.45) is 0 Å². The Labute approximate surface area is 140 Å². The number of carbonyl (C=O) groups is 1. The fraction of sp³-hybridized carbons (Fsp3) is 0. The summed E-state index contributed by atoms with van der Waals surface area (Å²) in [6.45, 7) is 0. The minimum absolute atomic E-state index is 0. The zero-order valence-corrected chi connectivity index (χ0v) is 12.6. The first-order valence-corrected chi connectivity index (χ1v) is 0.612. The fourth-order valence-electron chi connectivity index (χ4n) is 0. The summed E-state index contributed by atoms with van der Waals surface area (Å²) in [6.07, 6.45) is -2.33. The Hall–Kier alpha value is 2.92. The summed E-state index contributed by atoms with van der Waals surface area (Å²) in [5.41, 5.74) is 0. The largest absolute Gasteiger partial charge is 2.00 e. The summed E-state index contributed by atoms with van der Waals surface area (Å²) in [4.78, 5) is 8.33. The summed E-state index contributed by atoms with van der Waals surface area (Å²) >= 11 is 0. The Kier molecular flexibility index (Phi) is 138. The molecule has 0 saturated heterocycles. The first-order valence-electron chi connectivity index (χ1n) is 0.612. The van der Waals surface area contributed by atoms with Crippen LogP contribution >= 0.6 is 0 Å². The van der Waals surface area contributed by atoms with Gasteiger partial charge in [0.05, 0.1) is 0 Å². The monoisotopic (exact) mass is 198 g/mol. The molecule has 0 unspecified atom stereocenters. The zero-order valence-electron chi connectivity index (χ0n) is 5.26. The predicted molar refractivity (Wildman–Crippen MR) is 13.1 cm³/mol. The van der Waals surface area contributed by atoms with Crippen LogP contribution < -0.4 is 104 Å². The molecule has 0 heterocycles. The van der Waals surface area contributed by atoms with Gasteiger partial charge in [0.2, 0.25) is 0 Å². The van der Waals surface area contributed by atoms with Gasteiger partial charge in [0.1, 0.15) is 0 Å². The van der Waals surface area contributed by atoms with E-state index in [-0.39, 0.29) is 122 Å². The van der Waals surface area contributed by atoms with E-state index in [1.807, 2.05) is 0 Å². The molecule has 1 N–H and O–H groups in total. The predicted octanol–water partition coefficient (Wildman–Crippen LogP) is -12.0. The molecule has 0 radical (unpaired) electrons. The Bertz CT molecular complexity index is 43.5. The first kappa shape index (κ1) is 40.6. The summed E-state index contributed by atoms with van der Waals surface area (Å²) in [7, 11) is 0. The Morgan fingerprint density at radius 3 is 1.22 bits per heavy atom. The number of carbonyl (C=O) groups excluding carboxylic acids is 1. The quantitative estimate of drug-likeness (QED) is 0.362. The van der Waals surface area contributed by atoms with Gasteiger partial charge >= 0.3 is 104 Å². The van der Waals surface area contributed by atoms with Gasteiger partial charge < -0.3 is 32.9 Å². The molecule has 0 aliphatic rings. The van der Waals surface area contributed by atoms with Crippen LogP contribution in [0.5, 0.6) is 0 Å². The number of hydrogen-bond donors (Lipinski definition) is 0. The topological polar surface area (TPSA) is 93.2 Å². The molecule has 0 atom stereocenters. The third-order valence-corrected chi connectivity index (χ3v) is 0. The van der Waals surface area contributed by atoms with Crippen LogP contribution in [-0.2, 0) is 0 Å². The van der Waals surface area contributed by atoms with E-state index in [4.69, 9.17) is 15.0 Å². The van der Waals surface area contributed by atoms with Gasteiger partial charge in [0, 0.05) is 0 Å². The molecule has 0 aromatic carbocycles. The summed E-state index contributed by atoms with van der Waals surface area (Å²) in [5, 5.41) is 16.7. The Balaban J connectivity index is -0.00000000450. The van der Waals surface area contributed by atoms with E-state index in [1.165, 1.54) is 0 Å². The number of rotatable bonds is 0. The van der Waals surface area contributed by atoms with Crippen LogP contribution in [0.2, 0.25) is 0 Å². The molecule has 9 heavy (non-hydrogen) atoms. The molecule has 0 fully saturated rings. The van der Waals surface area contributed by atoms with E-state index in [9.17, 15) is 0 Å². The molecule has 8 heteroatoms. The Morgan fingerprint density at radius 1 is 1.22 bits per heavy atom. The molecule has 0 saturated carbocycles. The van der Waals surface area contributed by atoms with E-state index in [1.54, 1.807) is 0 Å². The number of carboxylic acid groups (broad SMARTS) is 2. The molecule has 4 nitrogen and oxygen atoms in total. The summed E-state index contributed by atoms with van der Waals surface area (Å²) in [5.74, 6) is 0. The van der Waals surface area contributed by atoms with Gasteiger partial charge in [0.25, 0.3) is 0 Å². The molecule has 0 bridgehead atoms. The van der Waals surface area contributed by atoms with Crippen molar-refractivity contribution in [3.8, 4) is 0 Å². The second-order valence-corrected chi connectivity index (χ2v) is 0.250. The van der Waals surface area contributed by atoms with Crippen molar-refractivity contribution in [1.82, 2.24) is 0 Å². The van der Waals surface area contributed by atoms with Crippen LogP contribution in [0.15, 0.2) is 0 Å². The Morgan fingerprint density at radius 2 is 1.22 bits per heavy atom. The van der Waals surface area contributed by atoms with Crippen molar-refractivity contribution in [1.29, 1.82) is 0 Å². The number of halogens is 1. The van der Waals surface area contributed by atoms with E-state index in [0.29, 0.717) is 0 Å². The minimum Gasteiger partial charge on any atom is -1.00 e. The van der Waals surface area contributed by atoms with E-state index in [0.717, 1.165) is 0 Å². The van der Waals surface area contributed by atoms with Crippen molar-refractivity contribution in [3.05, 3.63) is 0 Å². The van der Waals surface area contributed by atoms with Crippen LogP contribution in [0.4, 0.5) is 4.79 Å². The maximum absolute atomic E-state index is 8.33. The normalized spacial score (nSPS) is 2.67.